The Bertz CT molecular complexity index is 1070. The highest BCUT2D eigenvalue weighted by Crippen LogP contribution is 2.39. The number of methoxy groups -OCH3 is 2. The van der Waals surface area contributed by atoms with Crippen LogP contribution in [-0.4, -0.2) is 26.3 Å². The number of fused-ring (bicyclic) bond motifs is 1. The van der Waals surface area contributed by atoms with Crippen LogP contribution in [0.3, 0.4) is 0 Å². The van der Waals surface area contributed by atoms with Gasteiger partial charge in [0, 0.05) is 35.4 Å². The van der Waals surface area contributed by atoms with E-state index in [1.807, 2.05) is 12.1 Å². The fraction of sp³-hybridized carbons (Fsp3) is 0.167. The molecule has 3 aromatic carbocycles. The summed E-state index contributed by atoms with van der Waals surface area (Å²) in [5.41, 5.74) is 4.62. The van der Waals surface area contributed by atoms with Crippen LogP contribution in [0.15, 0.2) is 79.0 Å². The van der Waals surface area contributed by atoms with E-state index in [1.54, 1.807) is 14.2 Å². The van der Waals surface area contributed by atoms with Crippen molar-refractivity contribution >= 4 is 16.6 Å². The summed E-state index contributed by atoms with van der Waals surface area (Å²) in [5, 5.41) is 1.21. The summed E-state index contributed by atoms with van der Waals surface area (Å²) < 4.78 is 11.0. The summed E-state index contributed by atoms with van der Waals surface area (Å²) in [5.74, 6) is 1.46. The standard InChI is InChI=1S/C24H24N2O2/c1-26(18-9-5-4-6-10-18)24(17-13-14-22(27-2)23(15-17)28-3)20-16-25-21-12-8-7-11-19(20)21/h4-16,24-25H,1-3H3. The molecule has 1 atom stereocenters. The predicted molar refractivity (Wildman–Crippen MR) is 115 cm³/mol. The molecule has 1 heterocycles. The van der Waals surface area contributed by atoms with Gasteiger partial charge in [0.2, 0.25) is 0 Å². The van der Waals surface area contributed by atoms with Gasteiger partial charge in [-0.3, -0.25) is 0 Å². The van der Waals surface area contributed by atoms with E-state index in [-0.39, 0.29) is 6.04 Å². The molecule has 0 saturated heterocycles. The molecule has 0 bridgehead atoms. The molecule has 4 rings (SSSR count). The number of ether oxygens (including phenoxy) is 2. The van der Waals surface area contributed by atoms with Crippen LogP contribution < -0.4 is 14.4 Å². The Morgan fingerprint density at radius 2 is 1.54 bits per heavy atom. The van der Waals surface area contributed by atoms with E-state index in [4.69, 9.17) is 9.47 Å². The molecule has 0 aliphatic carbocycles. The lowest BCUT2D eigenvalue weighted by Crippen LogP contribution is -2.25. The van der Waals surface area contributed by atoms with Crippen molar-refractivity contribution < 1.29 is 9.47 Å². The van der Waals surface area contributed by atoms with Crippen molar-refractivity contribution in [3.63, 3.8) is 0 Å². The minimum Gasteiger partial charge on any atom is -0.493 e. The largest absolute Gasteiger partial charge is 0.493 e. The highest BCUT2D eigenvalue weighted by Gasteiger charge is 2.24. The lowest BCUT2D eigenvalue weighted by Gasteiger charge is -2.31. The van der Waals surface area contributed by atoms with Crippen molar-refractivity contribution in [1.29, 1.82) is 0 Å². The molecule has 4 nitrogen and oxygen atoms in total. The van der Waals surface area contributed by atoms with E-state index in [0.717, 1.165) is 28.3 Å². The fourth-order valence-corrected chi connectivity index (χ4v) is 3.77. The molecule has 1 unspecified atom stereocenters. The minimum absolute atomic E-state index is 0.0124. The normalized spacial score (nSPS) is 12.0. The minimum atomic E-state index is 0.0124. The highest BCUT2D eigenvalue weighted by molar-refractivity contribution is 5.84. The van der Waals surface area contributed by atoms with Gasteiger partial charge in [0.05, 0.1) is 20.3 Å². The van der Waals surface area contributed by atoms with Gasteiger partial charge >= 0.3 is 0 Å². The topological polar surface area (TPSA) is 37.5 Å². The van der Waals surface area contributed by atoms with Gasteiger partial charge in [-0.25, -0.2) is 0 Å². The van der Waals surface area contributed by atoms with Gasteiger partial charge in [-0.2, -0.15) is 0 Å². The van der Waals surface area contributed by atoms with Crippen molar-refractivity contribution in [2.24, 2.45) is 0 Å². The molecule has 0 fully saturated rings. The summed E-state index contributed by atoms with van der Waals surface area (Å²) in [6.45, 7) is 0. The Morgan fingerprint density at radius 1 is 0.821 bits per heavy atom. The Labute approximate surface area is 165 Å². The maximum Gasteiger partial charge on any atom is 0.161 e. The van der Waals surface area contributed by atoms with Crippen molar-refractivity contribution in [3.05, 3.63) is 90.1 Å². The second-order valence-electron chi connectivity index (χ2n) is 6.75. The number of para-hydroxylation sites is 2. The van der Waals surface area contributed by atoms with E-state index in [9.17, 15) is 0 Å². The zero-order chi connectivity index (χ0) is 19.5. The number of rotatable bonds is 6. The number of aromatic amines is 1. The number of anilines is 1. The van der Waals surface area contributed by atoms with E-state index in [1.165, 1.54) is 10.9 Å². The van der Waals surface area contributed by atoms with E-state index < -0.39 is 0 Å². The molecule has 142 valence electrons. The average Bonchev–Trinajstić information content (AvgIpc) is 3.18. The molecule has 0 aliphatic heterocycles. The zero-order valence-corrected chi connectivity index (χ0v) is 16.3. The molecule has 4 heteroatoms. The van der Waals surface area contributed by atoms with Crippen LogP contribution in [-0.2, 0) is 0 Å². The molecule has 28 heavy (non-hydrogen) atoms. The molecular weight excluding hydrogens is 348 g/mol. The molecule has 1 N–H and O–H groups in total. The zero-order valence-electron chi connectivity index (χ0n) is 16.3. The van der Waals surface area contributed by atoms with E-state index in [0.29, 0.717) is 0 Å². The molecule has 0 saturated carbocycles. The van der Waals surface area contributed by atoms with Crippen LogP contribution in [0.1, 0.15) is 17.2 Å². The number of nitrogens with zero attached hydrogens (tertiary/aromatic N) is 1. The SMILES string of the molecule is COc1ccc(C(c2c[nH]c3ccccc23)N(C)c2ccccc2)cc1OC. The third kappa shape index (κ3) is 3.18. The van der Waals surface area contributed by atoms with Gasteiger partial charge in [-0.15, -0.1) is 0 Å². The fourth-order valence-electron chi connectivity index (χ4n) is 3.77. The molecule has 1 aromatic heterocycles. The first-order valence-corrected chi connectivity index (χ1v) is 9.28. The van der Waals surface area contributed by atoms with Crippen LogP contribution in [0.4, 0.5) is 5.69 Å². The number of hydrogen-bond donors (Lipinski definition) is 1. The van der Waals surface area contributed by atoms with Crippen LogP contribution in [0.2, 0.25) is 0 Å². The first-order chi connectivity index (χ1) is 13.7. The van der Waals surface area contributed by atoms with Gasteiger partial charge in [0.15, 0.2) is 11.5 Å². The van der Waals surface area contributed by atoms with Gasteiger partial charge in [0.25, 0.3) is 0 Å². The van der Waals surface area contributed by atoms with Crippen molar-refractivity contribution in [3.8, 4) is 11.5 Å². The first-order valence-electron chi connectivity index (χ1n) is 9.28. The van der Waals surface area contributed by atoms with E-state index in [2.05, 4.69) is 83.8 Å². The van der Waals surface area contributed by atoms with Crippen molar-refractivity contribution in [2.75, 3.05) is 26.2 Å². The second-order valence-corrected chi connectivity index (χ2v) is 6.75. The Hall–Kier alpha value is -3.40. The lowest BCUT2D eigenvalue weighted by atomic mass is 9.96. The average molecular weight is 372 g/mol. The van der Waals surface area contributed by atoms with Crippen LogP contribution in [0.25, 0.3) is 10.9 Å². The second kappa shape index (κ2) is 7.69. The summed E-state index contributed by atoms with van der Waals surface area (Å²) in [6.07, 6.45) is 2.10. The summed E-state index contributed by atoms with van der Waals surface area (Å²) in [7, 11) is 5.45. The van der Waals surface area contributed by atoms with Gasteiger partial charge in [-0.05, 0) is 35.9 Å². The maximum absolute atomic E-state index is 5.57. The van der Waals surface area contributed by atoms with Crippen molar-refractivity contribution in [1.82, 2.24) is 4.98 Å². The first kappa shape index (κ1) is 18.0. The molecule has 0 radical (unpaired) electrons. The Morgan fingerprint density at radius 3 is 2.29 bits per heavy atom. The van der Waals surface area contributed by atoms with Gasteiger partial charge < -0.3 is 19.4 Å². The van der Waals surface area contributed by atoms with Crippen LogP contribution >= 0.6 is 0 Å². The molecule has 0 amide bonds. The smallest absolute Gasteiger partial charge is 0.161 e. The quantitative estimate of drug-likeness (QED) is 0.492. The molecular formula is C24H24N2O2. The predicted octanol–water partition coefficient (Wildman–Crippen LogP) is 5.41. The Balaban J connectivity index is 1.89. The Kier molecular flexibility index (Phi) is 4.94. The number of H-pyrrole nitrogens is 1. The summed E-state index contributed by atoms with van der Waals surface area (Å²) >= 11 is 0. The molecule has 0 spiro atoms. The maximum atomic E-state index is 5.57. The third-order valence-electron chi connectivity index (χ3n) is 5.19. The molecule has 0 aliphatic rings. The number of nitrogens with one attached hydrogen (secondary N) is 1. The third-order valence-corrected chi connectivity index (χ3v) is 5.19. The van der Waals surface area contributed by atoms with E-state index >= 15 is 0 Å². The number of hydrogen-bond acceptors (Lipinski definition) is 3. The van der Waals surface area contributed by atoms with Crippen LogP contribution in [0, 0.1) is 0 Å². The van der Waals surface area contributed by atoms with Crippen LogP contribution in [0.5, 0.6) is 11.5 Å². The molecule has 4 aromatic rings. The monoisotopic (exact) mass is 372 g/mol. The highest BCUT2D eigenvalue weighted by atomic mass is 16.5. The summed E-state index contributed by atoms with van der Waals surface area (Å²) in [4.78, 5) is 5.70. The van der Waals surface area contributed by atoms with Gasteiger partial charge in [0.1, 0.15) is 0 Å². The van der Waals surface area contributed by atoms with Crippen molar-refractivity contribution in [2.45, 2.75) is 6.04 Å². The number of benzene rings is 3. The summed E-state index contributed by atoms with van der Waals surface area (Å²) in [6, 6.07) is 25.0. The van der Waals surface area contributed by atoms with Gasteiger partial charge in [-0.1, -0.05) is 42.5 Å². The lowest BCUT2D eigenvalue weighted by molar-refractivity contribution is 0.354. The number of aromatic nitrogens is 1.